The van der Waals surface area contributed by atoms with Crippen molar-refractivity contribution in [3.05, 3.63) is 47.0 Å². The number of carbonyl (C=O) groups excluding carboxylic acids is 1. The van der Waals surface area contributed by atoms with Gasteiger partial charge in [-0.3, -0.25) is 0 Å². The number of rotatable bonds is 6. The van der Waals surface area contributed by atoms with Crippen LogP contribution < -0.4 is 10.1 Å². The van der Waals surface area contributed by atoms with E-state index in [0.717, 1.165) is 39.3 Å². The molecular weight excluding hydrogens is 386 g/mol. The summed E-state index contributed by atoms with van der Waals surface area (Å²) in [7, 11) is 1.52. The van der Waals surface area contributed by atoms with E-state index in [1.807, 2.05) is 29.2 Å². The van der Waals surface area contributed by atoms with Crippen molar-refractivity contribution >= 4 is 33.3 Å². The molecule has 2 aromatic carbocycles. The van der Waals surface area contributed by atoms with Crippen molar-refractivity contribution in [3.63, 3.8) is 0 Å². The molecule has 1 heterocycles. The molecule has 0 radical (unpaired) electrons. The Labute approximate surface area is 174 Å². The van der Waals surface area contributed by atoms with E-state index in [1.54, 1.807) is 23.5 Å². The zero-order valence-corrected chi connectivity index (χ0v) is 17.6. The average molecular weight is 412 g/mol. The number of carbonyl (C=O) groups is 1. The molecule has 0 saturated heterocycles. The van der Waals surface area contributed by atoms with Gasteiger partial charge in [-0.1, -0.05) is 19.9 Å². The lowest BCUT2D eigenvalue weighted by molar-refractivity contribution is 0.206. The van der Waals surface area contributed by atoms with Gasteiger partial charge < -0.3 is 20.1 Å². The second-order valence-corrected chi connectivity index (χ2v) is 8.75. The van der Waals surface area contributed by atoms with Crippen LogP contribution in [0.3, 0.4) is 0 Å². The van der Waals surface area contributed by atoms with Gasteiger partial charge in [-0.25, -0.2) is 9.78 Å². The monoisotopic (exact) mass is 411 g/mol. The zero-order valence-electron chi connectivity index (χ0n) is 16.8. The summed E-state index contributed by atoms with van der Waals surface area (Å²) in [4.78, 5) is 19.5. The molecule has 1 aliphatic carbocycles. The lowest BCUT2D eigenvalue weighted by atomic mass is 10.2. The lowest BCUT2D eigenvalue weighted by Gasteiger charge is -2.23. The number of nitrogens with zero attached hydrogens (tertiary/aromatic N) is 2. The first-order chi connectivity index (χ1) is 13.9. The topological polar surface area (TPSA) is 74.7 Å². The third-order valence-electron chi connectivity index (χ3n) is 5.00. The van der Waals surface area contributed by atoms with Gasteiger partial charge in [0, 0.05) is 24.2 Å². The first-order valence-corrected chi connectivity index (χ1v) is 10.6. The molecule has 7 heteroatoms. The molecular formula is C22H25N3O3S. The van der Waals surface area contributed by atoms with Crippen LogP contribution in [-0.4, -0.2) is 34.2 Å². The Morgan fingerprint density at radius 3 is 2.79 bits per heavy atom. The number of hydrogen-bond acceptors (Lipinski definition) is 5. The number of aromatic nitrogens is 1. The summed E-state index contributed by atoms with van der Waals surface area (Å²) in [5.41, 5.74) is 2.66. The van der Waals surface area contributed by atoms with Gasteiger partial charge in [-0.2, -0.15) is 0 Å². The summed E-state index contributed by atoms with van der Waals surface area (Å²) in [6.45, 7) is 4.73. The van der Waals surface area contributed by atoms with Gasteiger partial charge in [0.25, 0.3) is 0 Å². The zero-order chi connectivity index (χ0) is 20.5. The van der Waals surface area contributed by atoms with E-state index in [0.29, 0.717) is 18.2 Å². The maximum absolute atomic E-state index is 13.0. The van der Waals surface area contributed by atoms with Crippen LogP contribution in [0.2, 0.25) is 0 Å². The lowest BCUT2D eigenvalue weighted by Crippen LogP contribution is -2.36. The van der Waals surface area contributed by atoms with Crippen LogP contribution in [-0.2, 0) is 6.54 Å². The number of ether oxygens (including phenoxy) is 1. The van der Waals surface area contributed by atoms with Crippen molar-refractivity contribution < 1.29 is 14.6 Å². The molecule has 0 aliphatic heterocycles. The molecule has 1 aromatic heterocycles. The number of phenols is 1. The molecule has 29 heavy (non-hydrogen) atoms. The summed E-state index contributed by atoms with van der Waals surface area (Å²) in [6.07, 6.45) is 2.02. The Morgan fingerprint density at radius 1 is 1.31 bits per heavy atom. The number of benzene rings is 2. The van der Waals surface area contributed by atoms with Crippen molar-refractivity contribution in [2.24, 2.45) is 0 Å². The highest BCUT2D eigenvalue weighted by Gasteiger charge is 2.32. The molecule has 3 aromatic rings. The number of aromatic hydroxyl groups is 1. The third kappa shape index (κ3) is 4.29. The number of amides is 2. The smallest absolute Gasteiger partial charge is 0.322 e. The van der Waals surface area contributed by atoms with E-state index in [9.17, 15) is 9.90 Å². The van der Waals surface area contributed by atoms with Gasteiger partial charge in [0.15, 0.2) is 11.5 Å². The maximum Gasteiger partial charge on any atom is 0.322 e. The average Bonchev–Trinajstić information content (AvgIpc) is 3.44. The van der Waals surface area contributed by atoms with Crippen LogP contribution in [0.25, 0.3) is 10.2 Å². The molecule has 4 rings (SSSR count). The predicted molar refractivity (Wildman–Crippen MR) is 116 cm³/mol. The minimum atomic E-state index is -0.118. The summed E-state index contributed by atoms with van der Waals surface area (Å²) in [6, 6.07) is 11.2. The molecule has 152 valence electrons. The summed E-state index contributed by atoms with van der Waals surface area (Å²) in [5, 5.41) is 13.9. The van der Waals surface area contributed by atoms with Crippen LogP contribution >= 0.6 is 11.3 Å². The molecule has 0 bridgehead atoms. The summed E-state index contributed by atoms with van der Waals surface area (Å²) < 4.78 is 6.26. The Bertz CT molecular complexity index is 1040. The fourth-order valence-corrected chi connectivity index (χ4v) is 4.24. The summed E-state index contributed by atoms with van der Waals surface area (Å²) in [5.74, 6) is 0.894. The standard InChI is InChI=1S/C22H25N3O3S/c1-13(2)21-24-17-8-5-15(11-20(17)29-21)23-22(27)25(16-6-7-16)12-14-4-9-18(26)19(10-14)28-3/h4-5,8-11,13,16,26H,6-7,12H2,1-3H3,(H,23,27). The predicted octanol–water partition coefficient (Wildman–Crippen LogP) is 5.33. The fraction of sp³-hybridized carbons (Fsp3) is 0.364. The molecule has 2 N–H and O–H groups in total. The number of nitrogens with one attached hydrogen (secondary N) is 1. The molecule has 1 saturated carbocycles. The van der Waals surface area contributed by atoms with Gasteiger partial charge in [-0.15, -0.1) is 11.3 Å². The van der Waals surface area contributed by atoms with Gasteiger partial charge >= 0.3 is 6.03 Å². The number of urea groups is 1. The highest BCUT2D eigenvalue weighted by molar-refractivity contribution is 7.18. The Balaban J connectivity index is 1.51. The molecule has 1 fully saturated rings. The normalized spacial score (nSPS) is 13.7. The maximum atomic E-state index is 13.0. The number of phenolic OH excluding ortho intramolecular Hbond substituents is 1. The van der Waals surface area contributed by atoms with Crippen LogP contribution in [0.1, 0.15) is 43.2 Å². The van der Waals surface area contributed by atoms with Gasteiger partial charge in [0.1, 0.15) is 0 Å². The molecule has 0 spiro atoms. The van der Waals surface area contributed by atoms with Crippen LogP contribution in [0.15, 0.2) is 36.4 Å². The minimum absolute atomic E-state index is 0.0947. The number of thiazole rings is 1. The second-order valence-electron chi connectivity index (χ2n) is 7.68. The highest BCUT2D eigenvalue weighted by atomic mass is 32.1. The van der Waals surface area contributed by atoms with E-state index in [4.69, 9.17) is 4.74 Å². The van der Waals surface area contributed by atoms with Crippen LogP contribution in [0, 0.1) is 0 Å². The van der Waals surface area contributed by atoms with Crippen molar-refractivity contribution in [1.82, 2.24) is 9.88 Å². The van der Waals surface area contributed by atoms with Crippen molar-refractivity contribution in [1.29, 1.82) is 0 Å². The quantitative estimate of drug-likeness (QED) is 0.575. The largest absolute Gasteiger partial charge is 0.504 e. The number of fused-ring (bicyclic) bond motifs is 1. The van der Waals surface area contributed by atoms with Crippen molar-refractivity contribution in [3.8, 4) is 11.5 Å². The van der Waals surface area contributed by atoms with Crippen LogP contribution in [0.5, 0.6) is 11.5 Å². The van der Waals surface area contributed by atoms with E-state index in [2.05, 4.69) is 24.1 Å². The van der Waals surface area contributed by atoms with Gasteiger partial charge in [0.2, 0.25) is 0 Å². The fourth-order valence-electron chi connectivity index (χ4n) is 3.23. The Kier molecular flexibility index (Phi) is 5.32. The molecule has 1 aliphatic rings. The molecule has 0 unspecified atom stereocenters. The van der Waals surface area contributed by atoms with E-state index < -0.39 is 0 Å². The second kappa shape index (κ2) is 7.91. The SMILES string of the molecule is COc1cc(CN(C(=O)Nc2ccc3nc(C(C)C)sc3c2)C2CC2)ccc1O. The van der Waals surface area contributed by atoms with E-state index in [-0.39, 0.29) is 17.8 Å². The number of methoxy groups -OCH3 is 1. The van der Waals surface area contributed by atoms with Crippen LogP contribution in [0.4, 0.5) is 10.5 Å². The first-order valence-electron chi connectivity index (χ1n) is 9.78. The molecule has 2 amide bonds. The minimum Gasteiger partial charge on any atom is -0.504 e. The Morgan fingerprint density at radius 2 is 2.10 bits per heavy atom. The molecule has 6 nitrogen and oxygen atoms in total. The van der Waals surface area contributed by atoms with E-state index >= 15 is 0 Å². The number of anilines is 1. The number of hydrogen-bond donors (Lipinski definition) is 2. The molecule has 0 atom stereocenters. The first kappa shape index (κ1) is 19.5. The highest BCUT2D eigenvalue weighted by Crippen LogP contribution is 2.33. The van der Waals surface area contributed by atoms with Gasteiger partial charge in [-0.05, 0) is 48.7 Å². The third-order valence-corrected chi connectivity index (χ3v) is 6.31. The summed E-state index contributed by atoms with van der Waals surface area (Å²) >= 11 is 1.67. The van der Waals surface area contributed by atoms with E-state index in [1.165, 1.54) is 7.11 Å². The Hall–Kier alpha value is -2.80. The van der Waals surface area contributed by atoms with Gasteiger partial charge in [0.05, 0.1) is 22.3 Å². The van der Waals surface area contributed by atoms with Crippen molar-refractivity contribution in [2.45, 2.75) is 45.2 Å². The van der Waals surface area contributed by atoms with Crippen molar-refractivity contribution in [2.75, 3.05) is 12.4 Å².